The summed E-state index contributed by atoms with van der Waals surface area (Å²) in [4.78, 5) is 13.2. The minimum atomic E-state index is -0.702. The molecule has 0 heterocycles. The second-order valence-electron chi connectivity index (χ2n) is 4.44. The fourth-order valence-electron chi connectivity index (χ4n) is 1.64. The molecule has 1 rings (SSSR count). The number of rotatable bonds is 8. The first-order chi connectivity index (χ1) is 9.52. The van der Waals surface area contributed by atoms with Gasteiger partial charge in [-0.05, 0) is 24.3 Å². The van der Waals surface area contributed by atoms with E-state index in [0.717, 1.165) is 0 Å². The molecule has 20 heavy (non-hydrogen) atoms. The third-order valence-electron chi connectivity index (χ3n) is 2.67. The molecule has 1 aromatic carbocycles. The molecular weight excluding hydrogens is 265 g/mol. The Labute approximate surface area is 117 Å². The summed E-state index contributed by atoms with van der Waals surface area (Å²) in [7, 11) is 3.10. The number of likely N-dealkylation sites (N-methyl/N-ethyl adjacent to an activating group) is 1. The number of benzene rings is 1. The molecule has 1 amide bonds. The first kappa shape index (κ1) is 16.4. The van der Waals surface area contributed by atoms with E-state index in [9.17, 15) is 14.3 Å². The predicted octanol–water partition coefficient (Wildman–Crippen LogP) is 1.06. The van der Waals surface area contributed by atoms with Gasteiger partial charge in [0.25, 0.3) is 0 Å². The van der Waals surface area contributed by atoms with Crippen LogP contribution in [0.3, 0.4) is 0 Å². The topological polar surface area (TPSA) is 59.0 Å². The summed E-state index contributed by atoms with van der Waals surface area (Å²) in [6.07, 6.45) is -0.514. The molecule has 1 aromatic rings. The lowest BCUT2D eigenvalue weighted by Gasteiger charge is -2.20. The van der Waals surface area contributed by atoms with E-state index in [4.69, 9.17) is 9.47 Å². The first-order valence-corrected chi connectivity index (χ1v) is 6.32. The number of nitrogens with zero attached hydrogens (tertiary/aromatic N) is 1. The normalized spacial score (nSPS) is 12.0. The molecule has 0 aliphatic rings. The van der Waals surface area contributed by atoms with E-state index in [0.29, 0.717) is 5.75 Å². The number of methoxy groups -OCH3 is 1. The highest BCUT2D eigenvalue weighted by atomic mass is 19.1. The number of halogens is 1. The monoisotopic (exact) mass is 285 g/mol. The van der Waals surface area contributed by atoms with Crippen LogP contribution in [-0.2, 0) is 9.53 Å². The lowest BCUT2D eigenvalue weighted by atomic mass is 10.3. The molecule has 0 bridgehead atoms. The molecule has 1 atom stereocenters. The highest BCUT2D eigenvalue weighted by Crippen LogP contribution is 2.11. The van der Waals surface area contributed by atoms with Crippen LogP contribution < -0.4 is 4.74 Å². The summed E-state index contributed by atoms with van der Waals surface area (Å²) < 4.78 is 22.8. The summed E-state index contributed by atoms with van der Waals surface area (Å²) in [5, 5.41) is 9.51. The molecule has 0 spiro atoms. The zero-order valence-corrected chi connectivity index (χ0v) is 11.7. The van der Waals surface area contributed by atoms with Gasteiger partial charge >= 0.3 is 0 Å². The molecule has 0 fully saturated rings. The number of aliphatic hydroxyl groups excluding tert-OH is 1. The Morgan fingerprint density at radius 1 is 1.40 bits per heavy atom. The molecular formula is C14H20FNO4. The van der Waals surface area contributed by atoms with E-state index in [1.807, 2.05) is 0 Å². The van der Waals surface area contributed by atoms with Crippen molar-refractivity contribution >= 4 is 5.91 Å². The average molecular weight is 285 g/mol. The van der Waals surface area contributed by atoms with Crippen molar-refractivity contribution in [1.82, 2.24) is 4.90 Å². The van der Waals surface area contributed by atoms with Crippen LogP contribution in [0.4, 0.5) is 4.39 Å². The maximum absolute atomic E-state index is 12.7. The number of carbonyl (C=O) groups is 1. The van der Waals surface area contributed by atoms with Crippen molar-refractivity contribution in [1.29, 1.82) is 0 Å². The number of ether oxygens (including phenoxy) is 2. The molecule has 0 radical (unpaired) electrons. The molecule has 112 valence electrons. The van der Waals surface area contributed by atoms with Crippen LogP contribution in [0.5, 0.6) is 5.75 Å². The Bertz CT molecular complexity index is 410. The zero-order chi connectivity index (χ0) is 15.0. The van der Waals surface area contributed by atoms with Gasteiger partial charge in [-0.1, -0.05) is 0 Å². The van der Waals surface area contributed by atoms with Gasteiger partial charge in [-0.2, -0.15) is 0 Å². The van der Waals surface area contributed by atoms with E-state index in [1.54, 1.807) is 7.05 Å². The van der Waals surface area contributed by atoms with Gasteiger partial charge < -0.3 is 19.5 Å². The molecule has 0 saturated carbocycles. The van der Waals surface area contributed by atoms with E-state index in [1.165, 1.54) is 36.3 Å². The largest absolute Gasteiger partial charge is 0.493 e. The molecule has 5 nitrogen and oxygen atoms in total. The number of amides is 1. The summed E-state index contributed by atoms with van der Waals surface area (Å²) in [5.41, 5.74) is 0. The van der Waals surface area contributed by atoms with Crippen molar-refractivity contribution < 1.29 is 23.8 Å². The predicted molar refractivity (Wildman–Crippen MR) is 72.0 cm³/mol. The Morgan fingerprint density at radius 3 is 2.65 bits per heavy atom. The molecule has 0 aromatic heterocycles. The Hall–Kier alpha value is -1.66. The van der Waals surface area contributed by atoms with Gasteiger partial charge in [0, 0.05) is 20.7 Å². The van der Waals surface area contributed by atoms with Gasteiger partial charge in [-0.3, -0.25) is 4.79 Å². The van der Waals surface area contributed by atoms with Gasteiger partial charge in [0.05, 0.1) is 25.7 Å². The number of hydrogen-bond acceptors (Lipinski definition) is 4. The minimum Gasteiger partial charge on any atom is -0.493 e. The van der Waals surface area contributed by atoms with Crippen LogP contribution in [-0.4, -0.2) is 55.9 Å². The van der Waals surface area contributed by atoms with Crippen LogP contribution in [0.25, 0.3) is 0 Å². The number of carbonyl (C=O) groups excluding carboxylic acids is 1. The van der Waals surface area contributed by atoms with Gasteiger partial charge in [-0.25, -0.2) is 4.39 Å². The second kappa shape index (κ2) is 8.50. The van der Waals surface area contributed by atoms with Crippen LogP contribution >= 0.6 is 0 Å². The van der Waals surface area contributed by atoms with Crippen LogP contribution in [0.1, 0.15) is 6.42 Å². The van der Waals surface area contributed by atoms with Crippen molar-refractivity contribution in [2.24, 2.45) is 0 Å². The molecule has 1 unspecified atom stereocenters. The minimum absolute atomic E-state index is 0.137. The quantitative estimate of drug-likeness (QED) is 0.776. The highest BCUT2D eigenvalue weighted by molar-refractivity contribution is 5.76. The maximum Gasteiger partial charge on any atom is 0.225 e. The SMILES string of the molecule is COCC(O)CN(C)C(=O)CCOc1ccc(F)cc1. The first-order valence-electron chi connectivity index (χ1n) is 6.32. The maximum atomic E-state index is 12.7. The average Bonchev–Trinajstić information content (AvgIpc) is 2.41. The third-order valence-corrected chi connectivity index (χ3v) is 2.67. The van der Waals surface area contributed by atoms with Crippen molar-refractivity contribution in [3.8, 4) is 5.75 Å². The van der Waals surface area contributed by atoms with Gasteiger partial charge in [-0.15, -0.1) is 0 Å². The molecule has 1 N–H and O–H groups in total. The third kappa shape index (κ3) is 5.99. The van der Waals surface area contributed by atoms with Crippen molar-refractivity contribution in [2.75, 3.05) is 33.9 Å². The lowest BCUT2D eigenvalue weighted by molar-refractivity contribution is -0.132. The highest BCUT2D eigenvalue weighted by Gasteiger charge is 2.13. The molecule has 0 aliphatic carbocycles. The standard InChI is InChI=1S/C14H20FNO4/c1-16(9-12(17)10-19-2)14(18)7-8-20-13-5-3-11(15)4-6-13/h3-6,12,17H,7-10H2,1-2H3. The fourth-order valence-corrected chi connectivity index (χ4v) is 1.64. The van der Waals surface area contributed by atoms with E-state index in [2.05, 4.69) is 0 Å². The summed E-state index contributed by atoms with van der Waals surface area (Å²) in [6.45, 7) is 0.599. The Morgan fingerprint density at radius 2 is 2.05 bits per heavy atom. The number of hydrogen-bond donors (Lipinski definition) is 1. The van der Waals surface area contributed by atoms with Gasteiger partial charge in [0.1, 0.15) is 11.6 Å². The van der Waals surface area contributed by atoms with Gasteiger partial charge in [0.2, 0.25) is 5.91 Å². The fraction of sp³-hybridized carbons (Fsp3) is 0.500. The lowest BCUT2D eigenvalue weighted by Crippen LogP contribution is -2.36. The van der Waals surface area contributed by atoms with Gasteiger partial charge in [0.15, 0.2) is 0 Å². The van der Waals surface area contributed by atoms with E-state index in [-0.39, 0.29) is 37.9 Å². The number of aliphatic hydroxyl groups is 1. The van der Waals surface area contributed by atoms with E-state index < -0.39 is 6.10 Å². The Balaban J connectivity index is 2.26. The van der Waals surface area contributed by atoms with E-state index >= 15 is 0 Å². The van der Waals surface area contributed by atoms with Crippen molar-refractivity contribution in [3.63, 3.8) is 0 Å². The van der Waals surface area contributed by atoms with Crippen LogP contribution in [0, 0.1) is 5.82 Å². The molecule has 0 aliphatic heterocycles. The summed E-state index contributed by atoms with van der Waals surface area (Å²) >= 11 is 0. The van der Waals surface area contributed by atoms with Crippen molar-refractivity contribution in [2.45, 2.75) is 12.5 Å². The summed E-state index contributed by atoms with van der Waals surface area (Å²) in [6, 6.07) is 5.60. The Kier molecular flexibility index (Phi) is 6.97. The molecule has 0 saturated heterocycles. The zero-order valence-electron chi connectivity index (χ0n) is 11.7. The molecule has 6 heteroatoms. The van der Waals surface area contributed by atoms with Crippen molar-refractivity contribution in [3.05, 3.63) is 30.1 Å². The smallest absolute Gasteiger partial charge is 0.225 e. The second-order valence-corrected chi connectivity index (χ2v) is 4.44. The van der Waals surface area contributed by atoms with Crippen LogP contribution in [0.2, 0.25) is 0 Å². The van der Waals surface area contributed by atoms with Crippen LogP contribution in [0.15, 0.2) is 24.3 Å². The summed E-state index contributed by atoms with van der Waals surface area (Å²) in [5.74, 6) is 0.0452.